The summed E-state index contributed by atoms with van der Waals surface area (Å²) >= 11 is 0. The number of hydrogen-bond acceptors (Lipinski definition) is 4. The molecule has 0 unspecified atom stereocenters. The molecule has 0 radical (unpaired) electrons. The number of rotatable bonds is 5. The Morgan fingerprint density at radius 3 is 2.59 bits per heavy atom. The van der Waals surface area contributed by atoms with Gasteiger partial charge in [0.2, 0.25) is 0 Å². The van der Waals surface area contributed by atoms with E-state index in [-0.39, 0.29) is 29.9 Å². The third kappa shape index (κ3) is 4.68. The van der Waals surface area contributed by atoms with E-state index in [1.54, 1.807) is 29.2 Å². The predicted octanol–water partition coefficient (Wildman–Crippen LogP) is 1.93. The van der Waals surface area contributed by atoms with Gasteiger partial charge < -0.3 is 15.1 Å². The Kier molecular flexibility index (Phi) is 6.13. The Morgan fingerprint density at radius 2 is 1.89 bits per heavy atom. The highest BCUT2D eigenvalue weighted by Crippen LogP contribution is 2.10. The number of carbonyl (C=O) groups is 2. The van der Waals surface area contributed by atoms with E-state index in [1.807, 2.05) is 0 Å². The molecule has 6 nitrogen and oxygen atoms in total. The first-order valence-electron chi connectivity index (χ1n) is 9.07. The Labute approximate surface area is 158 Å². The zero-order valence-corrected chi connectivity index (χ0v) is 15.3. The number of hydrogen-bond donors (Lipinski definition) is 1. The van der Waals surface area contributed by atoms with Gasteiger partial charge in [0.15, 0.2) is 0 Å². The van der Waals surface area contributed by atoms with E-state index in [9.17, 15) is 14.0 Å². The summed E-state index contributed by atoms with van der Waals surface area (Å²) in [6, 6.07) is 9.32. The van der Waals surface area contributed by atoms with Crippen LogP contribution in [0.25, 0.3) is 0 Å². The van der Waals surface area contributed by atoms with Gasteiger partial charge in [0, 0.05) is 50.0 Å². The molecule has 2 aromatic rings. The molecule has 27 heavy (non-hydrogen) atoms. The summed E-state index contributed by atoms with van der Waals surface area (Å²) in [6.07, 6.45) is 1.45. The fraction of sp³-hybridized carbons (Fsp3) is 0.350. The molecule has 2 heterocycles. The maximum atomic E-state index is 13.7. The molecule has 1 aromatic carbocycles. The highest BCUT2D eigenvalue weighted by Gasteiger charge is 2.22. The Morgan fingerprint density at radius 1 is 1.15 bits per heavy atom. The van der Waals surface area contributed by atoms with E-state index >= 15 is 0 Å². The zero-order valence-electron chi connectivity index (χ0n) is 15.3. The molecule has 1 aromatic heterocycles. The smallest absolute Gasteiger partial charge is 0.272 e. The summed E-state index contributed by atoms with van der Waals surface area (Å²) in [5, 5.41) is 2.68. The van der Waals surface area contributed by atoms with Crippen molar-refractivity contribution in [3.8, 4) is 0 Å². The van der Waals surface area contributed by atoms with Crippen molar-refractivity contribution in [1.29, 1.82) is 0 Å². The normalized spacial score (nSPS) is 14.8. The highest BCUT2D eigenvalue weighted by molar-refractivity contribution is 5.98. The van der Waals surface area contributed by atoms with Crippen LogP contribution in [0, 0.1) is 5.82 Å². The summed E-state index contributed by atoms with van der Waals surface area (Å²) in [6.45, 7) is 6.13. The SMILES string of the molecule is CCN1CCN(C(=O)c2cc(C(=O)NCc3ccccc3F)ccn2)CC1. The van der Waals surface area contributed by atoms with Gasteiger partial charge in [-0.3, -0.25) is 14.6 Å². The molecular weight excluding hydrogens is 347 g/mol. The first kappa shape index (κ1) is 19.0. The zero-order chi connectivity index (χ0) is 19.2. The maximum absolute atomic E-state index is 13.7. The third-order valence-electron chi connectivity index (χ3n) is 4.75. The van der Waals surface area contributed by atoms with Gasteiger partial charge in [-0.05, 0) is 24.7 Å². The average Bonchev–Trinajstić information content (AvgIpc) is 2.72. The quantitative estimate of drug-likeness (QED) is 0.874. The van der Waals surface area contributed by atoms with Crippen molar-refractivity contribution in [3.05, 3.63) is 65.2 Å². The van der Waals surface area contributed by atoms with E-state index < -0.39 is 0 Å². The fourth-order valence-electron chi connectivity index (χ4n) is 3.04. The van der Waals surface area contributed by atoms with Gasteiger partial charge in [0.05, 0.1) is 0 Å². The summed E-state index contributed by atoms with van der Waals surface area (Å²) in [4.78, 5) is 33.2. The molecule has 0 atom stereocenters. The molecule has 0 bridgehead atoms. The summed E-state index contributed by atoms with van der Waals surface area (Å²) in [5.41, 5.74) is 0.986. The minimum absolute atomic E-state index is 0.0795. The Bertz CT molecular complexity index is 819. The van der Waals surface area contributed by atoms with E-state index in [0.717, 1.165) is 19.6 Å². The molecule has 0 spiro atoms. The van der Waals surface area contributed by atoms with Crippen molar-refractivity contribution in [2.75, 3.05) is 32.7 Å². The number of halogens is 1. The number of amides is 2. The second-order valence-corrected chi connectivity index (χ2v) is 6.43. The van der Waals surface area contributed by atoms with Crippen molar-refractivity contribution in [2.24, 2.45) is 0 Å². The van der Waals surface area contributed by atoms with Crippen molar-refractivity contribution < 1.29 is 14.0 Å². The standard InChI is InChI=1S/C20H23FN4O2/c1-2-24-9-11-25(12-10-24)20(27)18-13-15(7-8-22-18)19(26)23-14-16-5-3-4-6-17(16)21/h3-8,13H,2,9-12,14H2,1H3,(H,23,26). The Balaban J connectivity index is 1.63. The number of likely N-dealkylation sites (N-methyl/N-ethyl adjacent to an activating group) is 1. The van der Waals surface area contributed by atoms with Gasteiger partial charge >= 0.3 is 0 Å². The van der Waals surface area contributed by atoms with E-state index in [2.05, 4.69) is 22.1 Å². The molecule has 0 aliphatic carbocycles. The second kappa shape index (κ2) is 8.73. The number of benzene rings is 1. The first-order valence-corrected chi connectivity index (χ1v) is 9.07. The summed E-state index contributed by atoms with van der Waals surface area (Å²) in [7, 11) is 0. The van der Waals surface area contributed by atoms with E-state index in [4.69, 9.17) is 0 Å². The van der Waals surface area contributed by atoms with Crippen molar-refractivity contribution in [2.45, 2.75) is 13.5 Å². The van der Waals surface area contributed by atoms with Gasteiger partial charge in [0.1, 0.15) is 11.5 Å². The lowest BCUT2D eigenvalue weighted by Crippen LogP contribution is -2.48. The van der Waals surface area contributed by atoms with Gasteiger partial charge in [-0.1, -0.05) is 25.1 Å². The lowest BCUT2D eigenvalue weighted by Gasteiger charge is -2.33. The summed E-state index contributed by atoms with van der Waals surface area (Å²) < 4.78 is 13.7. The number of nitrogens with one attached hydrogen (secondary N) is 1. The maximum Gasteiger partial charge on any atom is 0.272 e. The molecule has 3 rings (SSSR count). The highest BCUT2D eigenvalue weighted by atomic mass is 19.1. The summed E-state index contributed by atoms with van der Waals surface area (Å²) in [5.74, 6) is -0.908. The van der Waals surface area contributed by atoms with Gasteiger partial charge in [-0.15, -0.1) is 0 Å². The van der Waals surface area contributed by atoms with Gasteiger partial charge in [-0.25, -0.2) is 4.39 Å². The molecule has 1 aliphatic heterocycles. The lowest BCUT2D eigenvalue weighted by atomic mass is 10.1. The van der Waals surface area contributed by atoms with Gasteiger partial charge in [-0.2, -0.15) is 0 Å². The van der Waals surface area contributed by atoms with Crippen molar-refractivity contribution in [1.82, 2.24) is 20.1 Å². The van der Waals surface area contributed by atoms with Crippen LogP contribution in [-0.2, 0) is 6.54 Å². The van der Waals surface area contributed by atoms with E-state index in [1.165, 1.54) is 18.3 Å². The second-order valence-electron chi connectivity index (χ2n) is 6.43. The molecule has 1 fully saturated rings. The minimum atomic E-state index is -0.370. The lowest BCUT2D eigenvalue weighted by molar-refractivity contribution is 0.0637. The molecule has 0 saturated carbocycles. The number of nitrogens with zero attached hydrogens (tertiary/aromatic N) is 3. The number of pyridine rings is 1. The van der Waals surface area contributed by atoms with Crippen molar-refractivity contribution >= 4 is 11.8 Å². The predicted molar refractivity (Wildman–Crippen MR) is 99.8 cm³/mol. The molecule has 1 saturated heterocycles. The van der Waals surface area contributed by atoms with Crippen LogP contribution in [0.5, 0.6) is 0 Å². The van der Waals surface area contributed by atoms with Gasteiger partial charge in [0.25, 0.3) is 11.8 Å². The van der Waals surface area contributed by atoms with Crippen LogP contribution in [0.2, 0.25) is 0 Å². The average molecular weight is 370 g/mol. The van der Waals surface area contributed by atoms with Crippen LogP contribution < -0.4 is 5.32 Å². The van der Waals surface area contributed by atoms with Crippen LogP contribution in [0.3, 0.4) is 0 Å². The van der Waals surface area contributed by atoms with E-state index in [0.29, 0.717) is 24.2 Å². The van der Waals surface area contributed by atoms with Crippen LogP contribution in [-0.4, -0.2) is 59.3 Å². The molecule has 142 valence electrons. The molecule has 1 N–H and O–H groups in total. The molecule has 7 heteroatoms. The fourth-order valence-corrected chi connectivity index (χ4v) is 3.04. The number of carbonyl (C=O) groups excluding carboxylic acids is 2. The molecule has 1 aliphatic rings. The van der Waals surface area contributed by atoms with Crippen molar-refractivity contribution in [3.63, 3.8) is 0 Å². The van der Waals surface area contributed by atoms with Crippen LogP contribution >= 0.6 is 0 Å². The molecular formula is C20H23FN4O2. The van der Waals surface area contributed by atoms with Crippen LogP contribution in [0.1, 0.15) is 33.3 Å². The monoisotopic (exact) mass is 370 g/mol. The topological polar surface area (TPSA) is 65.5 Å². The van der Waals surface area contributed by atoms with Crippen LogP contribution in [0.15, 0.2) is 42.6 Å². The third-order valence-corrected chi connectivity index (χ3v) is 4.75. The number of piperazine rings is 1. The molecule has 2 amide bonds. The van der Waals surface area contributed by atoms with Crippen LogP contribution in [0.4, 0.5) is 4.39 Å². The Hall–Kier alpha value is -2.80. The number of aromatic nitrogens is 1. The largest absolute Gasteiger partial charge is 0.348 e. The minimum Gasteiger partial charge on any atom is -0.348 e. The first-order chi connectivity index (χ1) is 13.1.